The average Bonchev–Trinajstić information content (AvgIpc) is 3.33. The molecule has 0 N–H and O–H groups in total. The Morgan fingerprint density at radius 2 is 0.634 bits per heavy atom. The summed E-state index contributed by atoms with van der Waals surface area (Å²) in [7, 11) is 1.19. The monoisotopic (exact) mass is 1030 g/mol. The van der Waals surface area contributed by atoms with Gasteiger partial charge in [0.25, 0.3) is 7.82 Å². The van der Waals surface area contributed by atoms with Crippen LogP contribution in [0.25, 0.3) is 0 Å². The van der Waals surface area contributed by atoms with E-state index in [0.29, 0.717) is 17.4 Å². The number of phosphoric acid groups is 1. The first-order valence-corrected chi connectivity index (χ1v) is 32.7. The molecule has 0 heterocycles. The van der Waals surface area contributed by atoms with Crippen molar-refractivity contribution in [1.82, 2.24) is 0 Å². The molecule has 0 fully saturated rings. The van der Waals surface area contributed by atoms with Crippen molar-refractivity contribution in [2.24, 2.45) is 0 Å². The number of rotatable bonds is 59. The molecule has 0 radical (unpaired) electrons. The first-order chi connectivity index (χ1) is 34.5. The molecule has 0 spiro atoms. The van der Waals surface area contributed by atoms with Crippen molar-refractivity contribution in [3.8, 4) is 0 Å². The van der Waals surface area contributed by atoms with Gasteiger partial charge in [-0.1, -0.05) is 303 Å². The number of esters is 2. The zero-order valence-corrected chi connectivity index (χ0v) is 49.1. The molecule has 0 bridgehead atoms. The predicted molar refractivity (Wildman–Crippen MR) is 301 cm³/mol. The van der Waals surface area contributed by atoms with Crippen LogP contribution in [0.15, 0.2) is 0 Å². The van der Waals surface area contributed by atoms with Gasteiger partial charge in [0.1, 0.15) is 19.8 Å². The van der Waals surface area contributed by atoms with E-state index < -0.39 is 26.5 Å². The fraction of sp³-hybridized carbons (Fsp3) is 0.967. The number of unbranched alkanes of at least 4 members (excludes halogenated alkanes) is 45. The topological polar surface area (TPSA) is 111 Å². The predicted octanol–water partition coefficient (Wildman–Crippen LogP) is 18.8. The Balaban J connectivity index is 3.73. The van der Waals surface area contributed by atoms with Gasteiger partial charge in [-0.3, -0.25) is 14.2 Å². The van der Waals surface area contributed by atoms with Gasteiger partial charge in [0.15, 0.2) is 6.10 Å². The highest BCUT2D eigenvalue weighted by molar-refractivity contribution is 7.45. The SMILES string of the molecule is CCCCCCCCCCCCCCCCCCCCCCCCCCCCCCCCCCCCCCCCCC(=O)OC(COC(=O)CCCCCCCCCC)COP(=O)([O-])OCC[N+](C)(C)C. The van der Waals surface area contributed by atoms with E-state index in [4.69, 9.17) is 18.5 Å². The van der Waals surface area contributed by atoms with Crippen LogP contribution in [-0.4, -0.2) is 70.0 Å². The number of likely N-dealkylation sites (N-methyl/N-ethyl adjacent to an activating group) is 1. The highest BCUT2D eigenvalue weighted by Gasteiger charge is 2.22. The van der Waals surface area contributed by atoms with Crippen molar-refractivity contribution < 1.29 is 42.1 Å². The lowest BCUT2D eigenvalue weighted by Crippen LogP contribution is -2.37. The molecule has 0 aliphatic rings. The number of carbonyl (C=O) groups excluding carboxylic acids is 2. The van der Waals surface area contributed by atoms with E-state index >= 15 is 0 Å². The van der Waals surface area contributed by atoms with Crippen LogP contribution in [0.5, 0.6) is 0 Å². The highest BCUT2D eigenvalue weighted by Crippen LogP contribution is 2.38. The van der Waals surface area contributed by atoms with E-state index in [0.717, 1.165) is 32.1 Å². The number of phosphoric ester groups is 1. The highest BCUT2D eigenvalue weighted by atomic mass is 31.2. The lowest BCUT2D eigenvalue weighted by molar-refractivity contribution is -0.870. The summed E-state index contributed by atoms with van der Waals surface area (Å²) < 4.78 is 34.0. The third-order valence-electron chi connectivity index (χ3n) is 14.4. The number of ether oxygens (including phenoxy) is 2. The Kier molecular flexibility index (Phi) is 53.1. The van der Waals surface area contributed by atoms with Gasteiger partial charge in [-0.15, -0.1) is 0 Å². The summed E-state index contributed by atoms with van der Waals surface area (Å²) in [6, 6.07) is 0. The zero-order valence-electron chi connectivity index (χ0n) is 48.2. The Hall–Kier alpha value is -0.990. The molecule has 0 amide bonds. The summed E-state index contributed by atoms with van der Waals surface area (Å²) in [6.07, 6.45) is 62.3. The van der Waals surface area contributed by atoms with E-state index in [2.05, 4.69) is 13.8 Å². The first-order valence-electron chi connectivity index (χ1n) is 31.2. The maximum absolute atomic E-state index is 12.7. The summed E-state index contributed by atoms with van der Waals surface area (Å²) in [5.74, 6) is -0.820. The number of hydrogen-bond donors (Lipinski definition) is 0. The van der Waals surface area contributed by atoms with Gasteiger partial charge >= 0.3 is 11.9 Å². The minimum absolute atomic E-state index is 0.0257. The van der Waals surface area contributed by atoms with E-state index in [1.165, 1.54) is 263 Å². The minimum Gasteiger partial charge on any atom is -0.756 e. The van der Waals surface area contributed by atoms with Crippen molar-refractivity contribution in [3.05, 3.63) is 0 Å². The summed E-state index contributed by atoms with van der Waals surface area (Å²) in [5, 5.41) is 0. The van der Waals surface area contributed by atoms with Gasteiger partial charge in [-0.2, -0.15) is 0 Å². The van der Waals surface area contributed by atoms with Crippen LogP contribution in [0.4, 0.5) is 0 Å². The quantitative estimate of drug-likeness (QED) is 0.0256. The van der Waals surface area contributed by atoms with Crippen molar-refractivity contribution >= 4 is 19.8 Å². The Morgan fingerprint density at radius 1 is 0.380 bits per heavy atom. The molecule has 2 atom stereocenters. The fourth-order valence-corrected chi connectivity index (χ4v) is 10.3. The summed E-state index contributed by atoms with van der Waals surface area (Å²) in [6.45, 7) is 4.25. The maximum Gasteiger partial charge on any atom is 0.306 e. The molecule has 0 saturated heterocycles. The van der Waals surface area contributed by atoms with Crippen molar-refractivity contribution in [1.29, 1.82) is 0 Å². The summed E-state index contributed by atoms with van der Waals surface area (Å²) >= 11 is 0. The van der Waals surface area contributed by atoms with Crippen molar-refractivity contribution in [3.63, 3.8) is 0 Å². The van der Waals surface area contributed by atoms with Crippen LogP contribution in [0, 0.1) is 0 Å². The van der Waals surface area contributed by atoms with Crippen LogP contribution >= 0.6 is 7.82 Å². The number of carbonyl (C=O) groups is 2. The second-order valence-electron chi connectivity index (χ2n) is 22.8. The van der Waals surface area contributed by atoms with Gasteiger partial charge in [0, 0.05) is 12.8 Å². The molecule has 9 nitrogen and oxygen atoms in total. The Labute approximate surface area is 442 Å². The second-order valence-corrected chi connectivity index (χ2v) is 24.2. The Morgan fingerprint density at radius 3 is 0.901 bits per heavy atom. The largest absolute Gasteiger partial charge is 0.756 e. The third-order valence-corrected chi connectivity index (χ3v) is 15.3. The Bertz CT molecular complexity index is 1160. The van der Waals surface area contributed by atoms with Gasteiger partial charge < -0.3 is 27.9 Å². The van der Waals surface area contributed by atoms with Gasteiger partial charge in [-0.05, 0) is 12.8 Å². The molecule has 71 heavy (non-hydrogen) atoms. The average molecular weight is 1030 g/mol. The van der Waals surface area contributed by atoms with Gasteiger partial charge in [0.2, 0.25) is 0 Å². The van der Waals surface area contributed by atoms with E-state index in [-0.39, 0.29) is 32.0 Å². The lowest BCUT2D eigenvalue weighted by Gasteiger charge is -2.28. The number of quaternary nitrogens is 1. The van der Waals surface area contributed by atoms with Crippen LogP contribution in [0.2, 0.25) is 0 Å². The molecular formula is C61H122NO8P. The normalized spacial score (nSPS) is 13.2. The summed E-state index contributed by atoms with van der Waals surface area (Å²) in [5.41, 5.74) is 0. The van der Waals surface area contributed by atoms with Crippen LogP contribution < -0.4 is 4.89 Å². The third kappa shape index (κ3) is 58.1. The molecule has 0 rings (SSSR count). The molecule has 0 aromatic carbocycles. The molecule has 0 saturated carbocycles. The zero-order chi connectivity index (χ0) is 52.0. The molecule has 424 valence electrons. The van der Waals surface area contributed by atoms with Crippen molar-refractivity contribution in [2.45, 2.75) is 335 Å². The van der Waals surface area contributed by atoms with E-state index in [1.807, 2.05) is 21.1 Å². The maximum atomic E-state index is 12.7. The van der Waals surface area contributed by atoms with E-state index in [1.54, 1.807) is 0 Å². The molecule has 0 aromatic rings. The van der Waals surface area contributed by atoms with E-state index in [9.17, 15) is 19.0 Å². The van der Waals surface area contributed by atoms with Gasteiger partial charge in [-0.25, -0.2) is 0 Å². The minimum atomic E-state index is -4.62. The molecule has 0 aromatic heterocycles. The molecule has 2 unspecified atom stereocenters. The van der Waals surface area contributed by atoms with Crippen molar-refractivity contribution in [2.75, 3.05) is 47.5 Å². The summed E-state index contributed by atoms with van der Waals surface area (Å²) in [4.78, 5) is 37.6. The lowest BCUT2D eigenvalue weighted by atomic mass is 10.0. The second kappa shape index (κ2) is 53.8. The van der Waals surface area contributed by atoms with Gasteiger partial charge in [0.05, 0.1) is 27.7 Å². The van der Waals surface area contributed by atoms with Crippen LogP contribution in [-0.2, 0) is 32.7 Å². The van der Waals surface area contributed by atoms with Crippen LogP contribution in [0.1, 0.15) is 328 Å². The molecule has 0 aliphatic heterocycles. The van der Waals surface area contributed by atoms with Crippen LogP contribution in [0.3, 0.4) is 0 Å². The standard InChI is InChI=1S/C61H122NO8P/c1-6-8-10-12-14-16-17-18-19-20-21-22-23-24-25-26-27-28-29-30-31-32-33-34-35-36-37-38-39-40-41-42-43-44-45-46-48-50-52-54-61(64)70-59(58-69-71(65,66)68-56-55-62(3,4)5)57-67-60(63)53-51-49-47-15-13-11-9-7-2/h59H,6-58H2,1-5H3. The first kappa shape index (κ1) is 70.0. The smallest absolute Gasteiger partial charge is 0.306 e. The fourth-order valence-electron chi connectivity index (χ4n) is 9.54. The molecule has 10 heteroatoms. The number of hydrogen-bond acceptors (Lipinski definition) is 8. The number of nitrogens with zero attached hydrogens (tertiary/aromatic N) is 1. The molecule has 0 aliphatic carbocycles. The molecular weight excluding hydrogens is 906 g/mol.